The number of halogens is 7. The van der Waals surface area contributed by atoms with Crippen LogP contribution in [0.25, 0.3) is 10.2 Å². The predicted molar refractivity (Wildman–Crippen MR) is 121 cm³/mol. The molecule has 0 fully saturated rings. The average Bonchev–Trinajstić information content (AvgIpc) is 3.25. The third kappa shape index (κ3) is 5.25. The van der Waals surface area contributed by atoms with Gasteiger partial charge < -0.3 is 0 Å². The van der Waals surface area contributed by atoms with Crippen LogP contribution in [-0.2, 0) is 18.9 Å². The first-order valence-electron chi connectivity index (χ1n) is 9.90. The summed E-state index contributed by atoms with van der Waals surface area (Å²) in [5, 5.41) is 0.414. The van der Waals surface area contributed by atoms with E-state index in [-0.39, 0.29) is 17.7 Å². The molecule has 4 rings (SSSR count). The normalized spacial score (nSPS) is 12.2. The van der Waals surface area contributed by atoms with Crippen LogP contribution in [-0.4, -0.2) is 15.9 Å². The van der Waals surface area contributed by atoms with Gasteiger partial charge in [-0.15, -0.1) is 0 Å². The van der Waals surface area contributed by atoms with E-state index < -0.39 is 35.0 Å². The summed E-state index contributed by atoms with van der Waals surface area (Å²) in [7, 11) is 0. The summed E-state index contributed by atoms with van der Waals surface area (Å²) < 4.78 is 80.8. The first kappa shape index (κ1) is 24.9. The lowest BCUT2D eigenvalue weighted by Crippen LogP contribution is -2.31. The number of hydrogen-bond acceptors (Lipinski definition) is 4. The third-order valence-electron chi connectivity index (χ3n) is 5.06. The molecule has 12 heteroatoms. The summed E-state index contributed by atoms with van der Waals surface area (Å²) in [5.74, 6) is -1.08. The van der Waals surface area contributed by atoms with Gasteiger partial charge in [0.1, 0.15) is 0 Å². The summed E-state index contributed by atoms with van der Waals surface area (Å²) in [4.78, 5) is 22.9. The van der Waals surface area contributed by atoms with Crippen LogP contribution in [0.3, 0.4) is 0 Å². The van der Waals surface area contributed by atoms with Crippen LogP contribution in [0.15, 0.2) is 54.9 Å². The number of fused-ring (bicyclic) bond motifs is 1. The van der Waals surface area contributed by atoms with Gasteiger partial charge in [-0.3, -0.25) is 14.7 Å². The number of hydrogen-bond donors (Lipinski definition) is 0. The van der Waals surface area contributed by atoms with Crippen molar-refractivity contribution in [2.24, 2.45) is 0 Å². The zero-order chi connectivity index (χ0) is 25.5. The Morgan fingerprint density at radius 3 is 2.23 bits per heavy atom. The van der Waals surface area contributed by atoms with E-state index in [9.17, 15) is 31.1 Å². The van der Waals surface area contributed by atoms with Crippen molar-refractivity contribution >= 4 is 44.2 Å². The molecule has 1 amide bonds. The second-order valence-corrected chi connectivity index (χ2v) is 8.97. The minimum atomic E-state index is -5.09. The van der Waals surface area contributed by atoms with E-state index in [1.807, 2.05) is 0 Å². The smallest absolute Gasteiger partial charge is 0.279 e. The monoisotopic (exact) mass is 529 g/mol. The fourth-order valence-electron chi connectivity index (χ4n) is 3.34. The zero-order valence-electron chi connectivity index (χ0n) is 17.7. The Hall–Kier alpha value is -3.18. The predicted octanol–water partition coefficient (Wildman–Crippen LogP) is 7.54. The number of alkyl halides is 6. The lowest BCUT2D eigenvalue weighted by Gasteiger charge is -2.21. The van der Waals surface area contributed by atoms with Crippen LogP contribution < -0.4 is 4.90 Å². The van der Waals surface area contributed by atoms with E-state index in [0.29, 0.717) is 32.9 Å². The first-order chi connectivity index (χ1) is 16.3. The number of thiazole rings is 1. The van der Waals surface area contributed by atoms with Crippen LogP contribution in [0.2, 0.25) is 5.02 Å². The second kappa shape index (κ2) is 9.12. The molecule has 0 aliphatic carbocycles. The van der Waals surface area contributed by atoms with Crippen molar-refractivity contribution < 1.29 is 31.1 Å². The molecule has 2 heterocycles. The van der Waals surface area contributed by atoms with Crippen molar-refractivity contribution in [3.63, 3.8) is 0 Å². The Bertz CT molecular complexity index is 1330. The lowest BCUT2D eigenvalue weighted by atomic mass is 10.0. The molecule has 0 aliphatic heterocycles. The molecule has 182 valence electrons. The van der Waals surface area contributed by atoms with Crippen molar-refractivity contribution in [3.8, 4) is 0 Å². The van der Waals surface area contributed by atoms with Gasteiger partial charge in [-0.1, -0.05) is 35.1 Å². The summed E-state index contributed by atoms with van der Waals surface area (Å²) >= 11 is 7.26. The minimum absolute atomic E-state index is 0.0247. The number of pyridine rings is 1. The maximum Gasteiger partial charge on any atom is 0.416 e. The van der Waals surface area contributed by atoms with Crippen molar-refractivity contribution in [2.45, 2.75) is 25.8 Å². The van der Waals surface area contributed by atoms with E-state index in [0.717, 1.165) is 21.8 Å². The quantitative estimate of drug-likeness (QED) is 0.257. The molecule has 2 aromatic heterocycles. The molecule has 0 spiro atoms. The first-order valence-corrected chi connectivity index (χ1v) is 11.1. The lowest BCUT2D eigenvalue weighted by molar-refractivity contribution is -0.143. The van der Waals surface area contributed by atoms with Gasteiger partial charge in [0.05, 0.1) is 32.9 Å². The summed E-state index contributed by atoms with van der Waals surface area (Å²) in [5.41, 5.74) is -2.25. The van der Waals surface area contributed by atoms with Crippen molar-refractivity contribution in [1.82, 2.24) is 9.97 Å². The van der Waals surface area contributed by atoms with Crippen molar-refractivity contribution in [3.05, 3.63) is 87.7 Å². The average molecular weight is 530 g/mol. The van der Waals surface area contributed by atoms with Gasteiger partial charge in [0.25, 0.3) is 5.91 Å². The highest BCUT2D eigenvalue weighted by Crippen LogP contribution is 2.39. The maximum absolute atomic E-state index is 13.5. The van der Waals surface area contributed by atoms with E-state index in [2.05, 4.69) is 9.97 Å². The number of amides is 1. The minimum Gasteiger partial charge on any atom is -0.279 e. The van der Waals surface area contributed by atoms with Gasteiger partial charge >= 0.3 is 12.4 Å². The SMILES string of the molecule is Cc1ccc(Cl)c2sc(N(Cc3cccnc3)C(=O)c3cc(C(F)(F)F)cc(C(F)(F)F)c3)nc12. The number of carbonyl (C=O) groups excluding carboxylic acids is 1. The number of rotatable bonds is 4. The van der Waals surface area contributed by atoms with E-state index in [1.54, 1.807) is 31.2 Å². The van der Waals surface area contributed by atoms with Crippen molar-refractivity contribution in [1.29, 1.82) is 0 Å². The van der Waals surface area contributed by atoms with Crippen LogP contribution in [0.1, 0.15) is 32.6 Å². The maximum atomic E-state index is 13.5. The van der Waals surface area contributed by atoms with Crippen LogP contribution >= 0.6 is 22.9 Å². The Kier molecular flexibility index (Phi) is 6.50. The fraction of sp³-hybridized carbons (Fsp3) is 0.174. The van der Waals surface area contributed by atoms with Crippen LogP contribution in [0.4, 0.5) is 31.5 Å². The third-order valence-corrected chi connectivity index (χ3v) is 6.60. The topological polar surface area (TPSA) is 46.1 Å². The highest BCUT2D eigenvalue weighted by atomic mass is 35.5. The molecule has 0 saturated carbocycles. The molecule has 0 N–H and O–H groups in total. The number of aromatic nitrogens is 2. The van der Waals surface area contributed by atoms with Gasteiger partial charge in [0, 0.05) is 18.0 Å². The molecule has 0 unspecified atom stereocenters. The Morgan fingerprint density at radius 1 is 1.03 bits per heavy atom. The van der Waals surface area contributed by atoms with E-state index in [1.165, 1.54) is 12.4 Å². The summed E-state index contributed by atoms with van der Waals surface area (Å²) in [6.07, 6.45) is -7.27. The van der Waals surface area contributed by atoms with Gasteiger partial charge in [-0.2, -0.15) is 26.3 Å². The molecular formula is C23H14ClF6N3OS. The molecule has 2 aromatic carbocycles. The Balaban J connectivity index is 1.88. The number of nitrogens with zero attached hydrogens (tertiary/aromatic N) is 3. The van der Waals surface area contributed by atoms with Crippen LogP contribution in [0, 0.1) is 6.92 Å². The molecule has 0 aliphatic rings. The van der Waals surface area contributed by atoms with Gasteiger partial charge in [-0.25, -0.2) is 4.98 Å². The number of anilines is 1. The van der Waals surface area contributed by atoms with E-state index >= 15 is 0 Å². The molecule has 0 atom stereocenters. The van der Waals surface area contributed by atoms with Crippen LogP contribution in [0.5, 0.6) is 0 Å². The van der Waals surface area contributed by atoms with E-state index in [4.69, 9.17) is 11.6 Å². The Morgan fingerprint density at radius 2 is 1.69 bits per heavy atom. The summed E-state index contributed by atoms with van der Waals surface area (Å²) in [6.45, 7) is 1.57. The largest absolute Gasteiger partial charge is 0.416 e. The zero-order valence-corrected chi connectivity index (χ0v) is 19.3. The number of carbonyl (C=O) groups is 1. The molecule has 0 bridgehead atoms. The number of benzene rings is 2. The van der Waals surface area contributed by atoms with Crippen molar-refractivity contribution in [2.75, 3.05) is 4.90 Å². The second-order valence-electron chi connectivity index (χ2n) is 7.59. The van der Waals surface area contributed by atoms with Gasteiger partial charge in [0.2, 0.25) is 0 Å². The molecule has 0 saturated heterocycles. The fourth-order valence-corrected chi connectivity index (χ4v) is 4.66. The highest BCUT2D eigenvalue weighted by molar-refractivity contribution is 7.23. The number of aryl methyl sites for hydroxylation is 1. The summed E-state index contributed by atoms with van der Waals surface area (Å²) in [6, 6.07) is 7.33. The Labute approximate surface area is 203 Å². The molecular weight excluding hydrogens is 516 g/mol. The molecule has 4 nitrogen and oxygen atoms in total. The van der Waals surface area contributed by atoms with Gasteiger partial charge in [-0.05, 0) is 48.4 Å². The standard InChI is InChI=1S/C23H14ClF6N3OS/c1-12-4-5-17(24)19-18(12)32-21(35-19)33(11-13-3-2-6-31-10-13)20(34)14-7-15(22(25,26)27)9-16(8-14)23(28,29)30/h2-10H,11H2,1H3. The molecule has 35 heavy (non-hydrogen) atoms. The molecule has 0 radical (unpaired) electrons. The highest BCUT2D eigenvalue weighted by Gasteiger charge is 2.38. The van der Waals surface area contributed by atoms with Gasteiger partial charge in [0.15, 0.2) is 5.13 Å². The molecule has 4 aromatic rings.